The largest absolute Gasteiger partial charge is 0.469 e. The van der Waals surface area contributed by atoms with Crippen molar-refractivity contribution < 1.29 is 9.15 Å². The Kier molecular flexibility index (Phi) is 4.75. The summed E-state index contributed by atoms with van der Waals surface area (Å²) in [6.07, 6.45) is 2.43. The molecule has 0 bridgehead atoms. The van der Waals surface area contributed by atoms with Gasteiger partial charge in [0.25, 0.3) is 0 Å². The SMILES string of the molecule is CNc1nc(NCCc2ccco2)nc(OC(C)C)n1. The minimum atomic E-state index is 0.0121. The van der Waals surface area contributed by atoms with Crippen LogP contribution in [0.25, 0.3) is 0 Å². The fourth-order valence-electron chi connectivity index (χ4n) is 1.56. The van der Waals surface area contributed by atoms with Gasteiger partial charge in [-0.15, -0.1) is 0 Å². The van der Waals surface area contributed by atoms with E-state index in [1.807, 2.05) is 26.0 Å². The minimum absolute atomic E-state index is 0.0121. The standard InChI is InChI=1S/C13H19N5O2/c1-9(2)20-13-17-11(14-3)16-12(18-13)15-7-6-10-5-4-8-19-10/h4-5,8-9H,6-7H2,1-3H3,(H2,14,15,16,17,18). The second-order valence-electron chi connectivity index (χ2n) is 4.44. The van der Waals surface area contributed by atoms with E-state index in [2.05, 4.69) is 25.6 Å². The Bertz CT molecular complexity index is 528. The average molecular weight is 277 g/mol. The van der Waals surface area contributed by atoms with Gasteiger partial charge in [-0.1, -0.05) is 0 Å². The Hall–Kier alpha value is -2.31. The van der Waals surface area contributed by atoms with Crippen molar-refractivity contribution in [2.45, 2.75) is 26.4 Å². The molecule has 20 heavy (non-hydrogen) atoms. The van der Waals surface area contributed by atoms with Crippen LogP contribution >= 0.6 is 0 Å². The summed E-state index contributed by atoms with van der Waals surface area (Å²) in [6, 6.07) is 4.10. The Morgan fingerprint density at radius 1 is 1.25 bits per heavy atom. The lowest BCUT2D eigenvalue weighted by molar-refractivity contribution is 0.222. The number of nitrogens with one attached hydrogen (secondary N) is 2. The number of furan rings is 1. The van der Waals surface area contributed by atoms with E-state index in [9.17, 15) is 0 Å². The van der Waals surface area contributed by atoms with E-state index in [0.717, 1.165) is 12.2 Å². The molecule has 108 valence electrons. The number of aromatic nitrogens is 3. The molecule has 0 aliphatic carbocycles. The Labute approximate surface area is 117 Å². The molecule has 2 heterocycles. The maximum Gasteiger partial charge on any atom is 0.323 e. The molecule has 0 spiro atoms. The lowest BCUT2D eigenvalue weighted by Crippen LogP contribution is -2.14. The minimum Gasteiger partial charge on any atom is -0.469 e. The van der Waals surface area contributed by atoms with Crippen LogP contribution in [0.1, 0.15) is 19.6 Å². The van der Waals surface area contributed by atoms with Gasteiger partial charge in [-0.25, -0.2) is 0 Å². The number of hydrogen-bond donors (Lipinski definition) is 2. The van der Waals surface area contributed by atoms with Crippen molar-refractivity contribution >= 4 is 11.9 Å². The third-order valence-corrected chi connectivity index (χ3v) is 2.41. The van der Waals surface area contributed by atoms with Gasteiger partial charge in [-0.3, -0.25) is 0 Å². The number of rotatable bonds is 7. The molecule has 2 aromatic rings. The molecular weight excluding hydrogens is 258 g/mol. The molecule has 7 nitrogen and oxygen atoms in total. The zero-order chi connectivity index (χ0) is 14.4. The summed E-state index contributed by atoms with van der Waals surface area (Å²) in [5.74, 6) is 1.86. The molecule has 0 unspecified atom stereocenters. The monoisotopic (exact) mass is 277 g/mol. The van der Waals surface area contributed by atoms with Crippen LogP contribution in [0.3, 0.4) is 0 Å². The zero-order valence-electron chi connectivity index (χ0n) is 11.9. The molecule has 0 saturated carbocycles. The van der Waals surface area contributed by atoms with E-state index in [-0.39, 0.29) is 6.10 Å². The highest BCUT2D eigenvalue weighted by Crippen LogP contribution is 2.12. The second-order valence-corrected chi connectivity index (χ2v) is 4.44. The smallest absolute Gasteiger partial charge is 0.323 e. The molecular formula is C13H19N5O2. The van der Waals surface area contributed by atoms with Gasteiger partial charge >= 0.3 is 6.01 Å². The van der Waals surface area contributed by atoms with Gasteiger partial charge < -0.3 is 19.8 Å². The summed E-state index contributed by atoms with van der Waals surface area (Å²) in [5, 5.41) is 6.01. The van der Waals surface area contributed by atoms with Crippen LogP contribution in [0.2, 0.25) is 0 Å². The molecule has 0 aliphatic heterocycles. The average Bonchev–Trinajstić information content (AvgIpc) is 2.91. The molecule has 2 N–H and O–H groups in total. The fourth-order valence-corrected chi connectivity index (χ4v) is 1.56. The first-order valence-corrected chi connectivity index (χ1v) is 6.54. The van der Waals surface area contributed by atoms with Gasteiger partial charge in [0.2, 0.25) is 11.9 Å². The van der Waals surface area contributed by atoms with Crippen molar-refractivity contribution in [3.8, 4) is 6.01 Å². The van der Waals surface area contributed by atoms with E-state index in [4.69, 9.17) is 9.15 Å². The zero-order valence-corrected chi connectivity index (χ0v) is 11.9. The summed E-state index contributed by atoms with van der Waals surface area (Å²) in [4.78, 5) is 12.6. The summed E-state index contributed by atoms with van der Waals surface area (Å²) in [7, 11) is 1.75. The summed E-state index contributed by atoms with van der Waals surface area (Å²) in [6.45, 7) is 4.52. The highest BCUT2D eigenvalue weighted by atomic mass is 16.5. The van der Waals surface area contributed by atoms with Crippen LogP contribution in [-0.2, 0) is 6.42 Å². The van der Waals surface area contributed by atoms with E-state index in [1.165, 1.54) is 0 Å². The van der Waals surface area contributed by atoms with Crippen molar-refractivity contribution in [1.29, 1.82) is 0 Å². The van der Waals surface area contributed by atoms with Crippen molar-refractivity contribution in [3.63, 3.8) is 0 Å². The van der Waals surface area contributed by atoms with Gasteiger partial charge in [0, 0.05) is 20.0 Å². The first-order chi connectivity index (χ1) is 9.67. The molecule has 0 saturated heterocycles. The topological polar surface area (TPSA) is 85.1 Å². The molecule has 7 heteroatoms. The van der Waals surface area contributed by atoms with Gasteiger partial charge in [0.1, 0.15) is 5.76 Å². The number of anilines is 2. The maximum absolute atomic E-state index is 5.49. The Balaban J connectivity index is 1.98. The van der Waals surface area contributed by atoms with Crippen molar-refractivity contribution in [1.82, 2.24) is 15.0 Å². The number of nitrogens with zero attached hydrogens (tertiary/aromatic N) is 3. The predicted molar refractivity (Wildman–Crippen MR) is 76.0 cm³/mol. The van der Waals surface area contributed by atoms with Gasteiger partial charge in [-0.05, 0) is 26.0 Å². The first kappa shape index (κ1) is 14.1. The van der Waals surface area contributed by atoms with Crippen LogP contribution in [0.5, 0.6) is 6.01 Å². The van der Waals surface area contributed by atoms with E-state index in [1.54, 1.807) is 13.3 Å². The molecule has 2 rings (SSSR count). The number of hydrogen-bond acceptors (Lipinski definition) is 7. The van der Waals surface area contributed by atoms with Crippen LogP contribution in [-0.4, -0.2) is 34.6 Å². The van der Waals surface area contributed by atoms with Crippen LogP contribution in [0, 0.1) is 0 Å². The fraction of sp³-hybridized carbons (Fsp3) is 0.462. The summed E-state index contributed by atoms with van der Waals surface area (Å²) in [5.41, 5.74) is 0. The van der Waals surface area contributed by atoms with Crippen LogP contribution in [0.4, 0.5) is 11.9 Å². The van der Waals surface area contributed by atoms with Crippen LogP contribution in [0.15, 0.2) is 22.8 Å². The lowest BCUT2D eigenvalue weighted by atomic mass is 10.3. The highest BCUT2D eigenvalue weighted by molar-refractivity contribution is 5.35. The predicted octanol–water partition coefficient (Wildman–Crippen LogP) is 1.95. The third-order valence-electron chi connectivity index (χ3n) is 2.41. The molecule has 0 fully saturated rings. The Morgan fingerprint density at radius 2 is 2.05 bits per heavy atom. The summed E-state index contributed by atoms with van der Waals surface area (Å²) < 4.78 is 10.8. The van der Waals surface area contributed by atoms with Crippen molar-refractivity contribution in [2.75, 3.05) is 24.2 Å². The van der Waals surface area contributed by atoms with Crippen molar-refractivity contribution in [3.05, 3.63) is 24.2 Å². The molecule has 0 radical (unpaired) electrons. The lowest BCUT2D eigenvalue weighted by Gasteiger charge is -2.10. The molecule has 0 aliphatic rings. The first-order valence-electron chi connectivity index (χ1n) is 6.54. The molecule has 0 amide bonds. The summed E-state index contributed by atoms with van der Waals surface area (Å²) >= 11 is 0. The van der Waals surface area contributed by atoms with Crippen molar-refractivity contribution in [2.24, 2.45) is 0 Å². The van der Waals surface area contributed by atoms with Crippen LogP contribution < -0.4 is 15.4 Å². The van der Waals surface area contributed by atoms with E-state index < -0.39 is 0 Å². The van der Waals surface area contributed by atoms with Gasteiger partial charge in [0.05, 0.1) is 12.4 Å². The normalized spacial score (nSPS) is 10.6. The van der Waals surface area contributed by atoms with Gasteiger partial charge in [0.15, 0.2) is 0 Å². The van der Waals surface area contributed by atoms with E-state index in [0.29, 0.717) is 24.5 Å². The molecule has 0 atom stereocenters. The Morgan fingerprint density at radius 3 is 2.70 bits per heavy atom. The van der Waals surface area contributed by atoms with Gasteiger partial charge in [-0.2, -0.15) is 15.0 Å². The number of ether oxygens (including phenoxy) is 1. The highest BCUT2D eigenvalue weighted by Gasteiger charge is 2.08. The second kappa shape index (κ2) is 6.74. The third kappa shape index (κ3) is 4.11. The maximum atomic E-state index is 5.49. The molecule has 0 aromatic carbocycles. The van der Waals surface area contributed by atoms with E-state index >= 15 is 0 Å². The molecule has 2 aromatic heterocycles. The quantitative estimate of drug-likeness (QED) is 0.800.